The molecule has 0 fully saturated rings. The summed E-state index contributed by atoms with van der Waals surface area (Å²) in [7, 11) is 0. The molecule has 0 bridgehead atoms. The maximum atomic E-state index is 5.59. The molecule has 0 saturated carbocycles. The molecule has 1 aromatic carbocycles. The highest BCUT2D eigenvalue weighted by Crippen LogP contribution is 2.09. The smallest absolute Gasteiger partial charge is 0.119 e. The Morgan fingerprint density at radius 3 is 2.14 bits per heavy atom. The number of para-hydroxylation sites is 1. The van der Waals surface area contributed by atoms with Gasteiger partial charge in [-0.05, 0) is 25.0 Å². The van der Waals surface area contributed by atoms with Crippen LogP contribution < -0.4 is 4.74 Å². The molecule has 0 N–H and O–H groups in total. The summed E-state index contributed by atoms with van der Waals surface area (Å²) in [4.78, 5) is 0. The zero-order valence-corrected chi connectivity index (χ0v) is 13.7. The molecule has 0 atom stereocenters. The van der Waals surface area contributed by atoms with Gasteiger partial charge < -0.3 is 4.74 Å². The van der Waals surface area contributed by atoms with E-state index in [1.165, 1.54) is 51.4 Å². The predicted molar refractivity (Wildman–Crippen MR) is 94.9 cm³/mol. The van der Waals surface area contributed by atoms with E-state index in [1.54, 1.807) is 0 Å². The van der Waals surface area contributed by atoms with Crippen LogP contribution in [-0.2, 0) is 0 Å². The second-order valence-electron chi connectivity index (χ2n) is 5.01. The van der Waals surface area contributed by atoms with Crippen molar-refractivity contribution in [2.45, 2.75) is 58.3 Å². The summed E-state index contributed by atoms with van der Waals surface area (Å²) in [5.74, 6) is 0.947. The summed E-state index contributed by atoms with van der Waals surface area (Å²) in [5, 5.41) is 0. The first-order chi connectivity index (χ1) is 10.4. The molecule has 0 aliphatic rings. The zero-order valence-electron chi connectivity index (χ0n) is 13.7. The van der Waals surface area contributed by atoms with Gasteiger partial charge in [-0.25, -0.2) is 0 Å². The highest BCUT2D eigenvalue weighted by atomic mass is 16.5. The average molecular weight is 288 g/mol. The lowest BCUT2D eigenvalue weighted by Gasteiger charge is -2.01. The van der Waals surface area contributed by atoms with Crippen molar-refractivity contribution in [1.29, 1.82) is 0 Å². The first kappa shape index (κ1) is 19.5. The van der Waals surface area contributed by atoms with Crippen LogP contribution in [-0.4, -0.2) is 6.61 Å². The maximum Gasteiger partial charge on any atom is 0.119 e. The largest absolute Gasteiger partial charge is 0.490 e. The van der Waals surface area contributed by atoms with Crippen molar-refractivity contribution in [1.82, 2.24) is 0 Å². The van der Waals surface area contributed by atoms with Crippen LogP contribution in [0.2, 0.25) is 0 Å². The Labute approximate surface area is 131 Å². The Hall–Kier alpha value is -1.50. The van der Waals surface area contributed by atoms with Crippen molar-refractivity contribution in [3.8, 4) is 5.75 Å². The van der Waals surface area contributed by atoms with E-state index >= 15 is 0 Å². The van der Waals surface area contributed by atoms with Crippen LogP contribution in [0.25, 0.3) is 0 Å². The summed E-state index contributed by atoms with van der Waals surface area (Å²) < 4.78 is 5.59. The fourth-order valence-corrected chi connectivity index (χ4v) is 2.07. The molecule has 0 spiro atoms. The van der Waals surface area contributed by atoms with E-state index in [9.17, 15) is 0 Å². The number of unbranched alkanes of at least 4 members (excludes halogenated alkanes) is 7. The summed E-state index contributed by atoms with van der Waals surface area (Å²) in [6.45, 7) is 8.95. The lowest BCUT2D eigenvalue weighted by atomic mass is 10.1. The molecule has 1 heteroatoms. The summed E-state index contributed by atoms with van der Waals surface area (Å²) in [6.07, 6.45) is 15.2. The lowest BCUT2D eigenvalue weighted by molar-refractivity contribution is 0.362. The quantitative estimate of drug-likeness (QED) is 0.331. The highest BCUT2D eigenvalue weighted by Gasteiger charge is 1.90. The van der Waals surface area contributed by atoms with Crippen molar-refractivity contribution in [3.05, 3.63) is 55.6 Å². The third-order valence-electron chi connectivity index (χ3n) is 3.23. The van der Waals surface area contributed by atoms with Crippen LogP contribution in [0.3, 0.4) is 0 Å². The number of ether oxygens (including phenoxy) is 1. The topological polar surface area (TPSA) is 9.23 Å². The fourth-order valence-electron chi connectivity index (χ4n) is 2.07. The number of hydrogen-bond acceptors (Lipinski definition) is 1. The van der Waals surface area contributed by atoms with Gasteiger partial charge in [-0.15, -0.1) is 13.2 Å². The van der Waals surface area contributed by atoms with Gasteiger partial charge >= 0.3 is 0 Å². The maximum absolute atomic E-state index is 5.59. The third-order valence-corrected chi connectivity index (χ3v) is 3.23. The average Bonchev–Trinajstić information content (AvgIpc) is 2.55. The Balaban J connectivity index is 0.00000191. The molecule has 1 aromatic rings. The SMILES string of the molecule is C=C.CCCCCCCCCC=CCOc1ccccc1. The molecule has 0 heterocycles. The van der Waals surface area contributed by atoms with Gasteiger partial charge in [0.2, 0.25) is 0 Å². The van der Waals surface area contributed by atoms with Crippen LogP contribution in [0.4, 0.5) is 0 Å². The molecule has 0 aromatic heterocycles. The molecule has 0 radical (unpaired) electrons. The minimum atomic E-state index is 0.681. The van der Waals surface area contributed by atoms with Gasteiger partial charge in [0.1, 0.15) is 12.4 Å². The van der Waals surface area contributed by atoms with Gasteiger partial charge in [-0.2, -0.15) is 0 Å². The van der Waals surface area contributed by atoms with Gasteiger partial charge in [0.05, 0.1) is 0 Å². The van der Waals surface area contributed by atoms with E-state index in [4.69, 9.17) is 4.74 Å². The van der Waals surface area contributed by atoms with Crippen molar-refractivity contribution in [3.63, 3.8) is 0 Å². The monoisotopic (exact) mass is 288 g/mol. The van der Waals surface area contributed by atoms with Crippen LogP contribution in [0.1, 0.15) is 58.3 Å². The fraction of sp³-hybridized carbons (Fsp3) is 0.500. The second-order valence-corrected chi connectivity index (χ2v) is 5.01. The molecule has 1 rings (SSSR count). The van der Waals surface area contributed by atoms with Crippen molar-refractivity contribution in [2.75, 3.05) is 6.61 Å². The van der Waals surface area contributed by atoms with E-state index in [2.05, 4.69) is 32.2 Å². The van der Waals surface area contributed by atoms with Gasteiger partial charge in [-0.1, -0.05) is 75.8 Å². The molecule has 0 amide bonds. The molecule has 0 saturated heterocycles. The molecule has 21 heavy (non-hydrogen) atoms. The minimum absolute atomic E-state index is 0.681. The van der Waals surface area contributed by atoms with Crippen LogP contribution in [0.15, 0.2) is 55.6 Å². The summed E-state index contributed by atoms with van der Waals surface area (Å²) in [5.41, 5.74) is 0. The van der Waals surface area contributed by atoms with E-state index in [0.717, 1.165) is 5.75 Å². The molecule has 118 valence electrons. The normalized spacial score (nSPS) is 10.1. The third kappa shape index (κ3) is 13.2. The second kappa shape index (κ2) is 16.6. The summed E-state index contributed by atoms with van der Waals surface area (Å²) >= 11 is 0. The zero-order chi connectivity index (χ0) is 15.6. The molecular formula is C20H32O. The lowest BCUT2D eigenvalue weighted by Crippen LogP contribution is -1.92. The number of benzene rings is 1. The van der Waals surface area contributed by atoms with Crippen molar-refractivity contribution < 1.29 is 4.74 Å². The number of allylic oxidation sites excluding steroid dienone is 1. The molecule has 1 nitrogen and oxygen atoms in total. The van der Waals surface area contributed by atoms with Crippen LogP contribution in [0.5, 0.6) is 5.75 Å². The van der Waals surface area contributed by atoms with Crippen LogP contribution >= 0.6 is 0 Å². The van der Waals surface area contributed by atoms with Crippen molar-refractivity contribution >= 4 is 0 Å². The highest BCUT2D eigenvalue weighted by molar-refractivity contribution is 5.21. The van der Waals surface area contributed by atoms with Crippen LogP contribution in [0, 0.1) is 0 Å². The van der Waals surface area contributed by atoms with Crippen molar-refractivity contribution in [2.24, 2.45) is 0 Å². The Morgan fingerprint density at radius 2 is 1.48 bits per heavy atom. The number of hydrogen-bond donors (Lipinski definition) is 0. The summed E-state index contributed by atoms with van der Waals surface area (Å²) in [6, 6.07) is 9.98. The van der Waals surface area contributed by atoms with E-state index in [-0.39, 0.29) is 0 Å². The molecular weight excluding hydrogens is 256 g/mol. The first-order valence-electron chi connectivity index (χ1n) is 8.26. The molecule has 0 aliphatic heterocycles. The minimum Gasteiger partial charge on any atom is -0.490 e. The van der Waals surface area contributed by atoms with E-state index in [0.29, 0.717) is 6.61 Å². The first-order valence-corrected chi connectivity index (χ1v) is 8.26. The van der Waals surface area contributed by atoms with Gasteiger partial charge in [0.15, 0.2) is 0 Å². The van der Waals surface area contributed by atoms with E-state index in [1.807, 2.05) is 30.3 Å². The number of rotatable bonds is 11. The molecule has 0 unspecified atom stereocenters. The predicted octanol–water partition coefficient (Wildman–Crippen LogP) is 6.56. The Kier molecular flexibility index (Phi) is 15.4. The van der Waals surface area contributed by atoms with Gasteiger partial charge in [0.25, 0.3) is 0 Å². The van der Waals surface area contributed by atoms with E-state index < -0.39 is 0 Å². The molecule has 0 aliphatic carbocycles. The Morgan fingerprint density at radius 1 is 0.857 bits per heavy atom. The standard InChI is InChI=1S/C18H28O.C2H4/c1-2-3-4-5-6-7-8-9-10-14-17-19-18-15-12-11-13-16-18;1-2/h10-16H,2-9,17H2,1H3;1-2H2. The van der Waals surface area contributed by atoms with Gasteiger partial charge in [0, 0.05) is 0 Å². The van der Waals surface area contributed by atoms with Gasteiger partial charge in [-0.3, -0.25) is 0 Å². The Bertz CT molecular complexity index is 329.